The van der Waals surface area contributed by atoms with Crippen LogP contribution >= 0.6 is 11.6 Å². The summed E-state index contributed by atoms with van der Waals surface area (Å²) in [6.45, 7) is 3.88. The van der Waals surface area contributed by atoms with Crippen molar-refractivity contribution in [1.82, 2.24) is 19.6 Å². The number of methoxy groups -OCH3 is 1. The van der Waals surface area contributed by atoms with Gasteiger partial charge in [0.25, 0.3) is 0 Å². The zero-order valence-corrected chi connectivity index (χ0v) is 15.6. The molecule has 1 aliphatic rings. The van der Waals surface area contributed by atoms with E-state index in [1.54, 1.807) is 36.4 Å². The SMILES string of the molecule is COc1cc(-c2cnc(N3CCC(C)(N)CC3)cn2)c2c(Cl)cnn2c1. The van der Waals surface area contributed by atoms with Crippen LogP contribution in [-0.4, -0.2) is 45.3 Å². The minimum atomic E-state index is -0.0885. The van der Waals surface area contributed by atoms with Gasteiger partial charge in [-0.05, 0) is 25.8 Å². The number of aromatic nitrogens is 4. The summed E-state index contributed by atoms with van der Waals surface area (Å²) in [6, 6.07) is 1.90. The summed E-state index contributed by atoms with van der Waals surface area (Å²) in [4.78, 5) is 11.4. The summed E-state index contributed by atoms with van der Waals surface area (Å²) in [5, 5.41) is 4.82. The van der Waals surface area contributed by atoms with Crippen LogP contribution in [0.4, 0.5) is 5.82 Å². The Balaban J connectivity index is 1.67. The Morgan fingerprint density at radius 1 is 1.19 bits per heavy atom. The van der Waals surface area contributed by atoms with Crippen LogP contribution in [0.3, 0.4) is 0 Å². The number of nitrogens with two attached hydrogens (primary N) is 1. The predicted molar refractivity (Wildman–Crippen MR) is 102 cm³/mol. The third kappa shape index (κ3) is 3.08. The van der Waals surface area contributed by atoms with Crippen molar-refractivity contribution in [3.05, 3.63) is 35.9 Å². The van der Waals surface area contributed by atoms with Gasteiger partial charge in [0.2, 0.25) is 0 Å². The first-order valence-electron chi connectivity index (χ1n) is 8.54. The molecule has 0 radical (unpaired) electrons. The number of pyridine rings is 1. The highest BCUT2D eigenvalue weighted by atomic mass is 35.5. The van der Waals surface area contributed by atoms with E-state index in [1.165, 1.54) is 0 Å². The number of anilines is 1. The normalized spacial score (nSPS) is 16.8. The first-order chi connectivity index (χ1) is 12.5. The van der Waals surface area contributed by atoms with E-state index >= 15 is 0 Å². The smallest absolute Gasteiger partial charge is 0.147 e. The van der Waals surface area contributed by atoms with E-state index in [-0.39, 0.29) is 5.54 Å². The second-order valence-electron chi connectivity index (χ2n) is 6.98. The summed E-state index contributed by atoms with van der Waals surface area (Å²) >= 11 is 6.31. The molecule has 3 aromatic heterocycles. The van der Waals surface area contributed by atoms with Crippen LogP contribution in [0.15, 0.2) is 30.9 Å². The van der Waals surface area contributed by atoms with Gasteiger partial charge in [0, 0.05) is 24.2 Å². The first kappa shape index (κ1) is 17.1. The van der Waals surface area contributed by atoms with E-state index in [9.17, 15) is 0 Å². The molecule has 1 saturated heterocycles. The van der Waals surface area contributed by atoms with Crippen molar-refractivity contribution in [2.24, 2.45) is 5.73 Å². The monoisotopic (exact) mass is 372 g/mol. The minimum absolute atomic E-state index is 0.0885. The topological polar surface area (TPSA) is 81.6 Å². The van der Waals surface area contributed by atoms with Gasteiger partial charge in [-0.1, -0.05) is 11.6 Å². The number of halogens is 1. The average Bonchev–Trinajstić information content (AvgIpc) is 3.02. The molecule has 26 heavy (non-hydrogen) atoms. The van der Waals surface area contributed by atoms with E-state index in [0.717, 1.165) is 48.5 Å². The molecule has 3 aromatic rings. The Hall–Kier alpha value is -2.38. The Labute approximate surface area is 156 Å². The highest BCUT2D eigenvalue weighted by molar-refractivity contribution is 6.34. The maximum atomic E-state index is 6.31. The minimum Gasteiger partial charge on any atom is -0.495 e. The lowest BCUT2D eigenvalue weighted by atomic mass is 9.91. The molecule has 4 heterocycles. The zero-order chi connectivity index (χ0) is 18.3. The van der Waals surface area contributed by atoms with Crippen LogP contribution in [-0.2, 0) is 0 Å². The van der Waals surface area contributed by atoms with Gasteiger partial charge in [-0.2, -0.15) is 5.10 Å². The summed E-state index contributed by atoms with van der Waals surface area (Å²) < 4.78 is 7.05. The standard InChI is InChI=1S/C18H21ClN6O/c1-18(20)3-5-24(6-4-18)16-10-21-15(9-22-16)13-7-12(26-2)11-25-17(13)14(19)8-23-25/h7-11H,3-6,20H2,1-2H3. The molecule has 0 aromatic carbocycles. The second-order valence-corrected chi connectivity index (χ2v) is 7.39. The van der Waals surface area contributed by atoms with Gasteiger partial charge in [-0.25, -0.2) is 9.50 Å². The third-order valence-corrected chi connectivity index (χ3v) is 5.20. The van der Waals surface area contributed by atoms with Gasteiger partial charge in [-0.3, -0.25) is 4.98 Å². The highest BCUT2D eigenvalue weighted by Crippen LogP contribution is 2.32. The molecule has 136 valence electrons. The fourth-order valence-corrected chi connectivity index (χ4v) is 3.47. The van der Waals surface area contributed by atoms with Crippen molar-refractivity contribution >= 4 is 22.9 Å². The fourth-order valence-electron chi connectivity index (χ4n) is 3.24. The number of hydrogen-bond acceptors (Lipinski definition) is 6. The second kappa shape index (κ2) is 6.41. The molecule has 0 aliphatic carbocycles. The summed E-state index contributed by atoms with van der Waals surface area (Å²) in [5.41, 5.74) is 8.46. The summed E-state index contributed by atoms with van der Waals surface area (Å²) in [6.07, 6.45) is 8.85. The molecule has 2 N–H and O–H groups in total. The van der Waals surface area contributed by atoms with Crippen LogP contribution in [0.5, 0.6) is 5.75 Å². The van der Waals surface area contributed by atoms with Crippen molar-refractivity contribution in [2.75, 3.05) is 25.1 Å². The number of nitrogens with zero attached hydrogens (tertiary/aromatic N) is 5. The molecule has 1 aliphatic heterocycles. The van der Waals surface area contributed by atoms with E-state index < -0.39 is 0 Å². The lowest BCUT2D eigenvalue weighted by Gasteiger charge is -2.37. The number of piperidine rings is 1. The lowest BCUT2D eigenvalue weighted by molar-refractivity contribution is 0.363. The Bertz CT molecular complexity index is 927. The van der Waals surface area contributed by atoms with Crippen LogP contribution in [0.25, 0.3) is 16.8 Å². The van der Waals surface area contributed by atoms with Crippen molar-refractivity contribution in [3.8, 4) is 17.0 Å². The van der Waals surface area contributed by atoms with Crippen molar-refractivity contribution < 1.29 is 4.74 Å². The Morgan fingerprint density at radius 2 is 1.96 bits per heavy atom. The van der Waals surface area contributed by atoms with Crippen molar-refractivity contribution in [2.45, 2.75) is 25.3 Å². The maximum Gasteiger partial charge on any atom is 0.147 e. The third-order valence-electron chi connectivity index (χ3n) is 4.92. The molecular weight excluding hydrogens is 352 g/mol. The summed E-state index contributed by atoms with van der Waals surface area (Å²) in [7, 11) is 1.62. The van der Waals surface area contributed by atoms with Gasteiger partial charge < -0.3 is 15.4 Å². The molecule has 8 heteroatoms. The number of rotatable bonds is 3. The molecule has 0 saturated carbocycles. The predicted octanol–water partition coefficient (Wildman–Crippen LogP) is 2.77. The van der Waals surface area contributed by atoms with Gasteiger partial charge in [0.15, 0.2) is 0 Å². The molecule has 1 fully saturated rings. The number of hydrogen-bond donors (Lipinski definition) is 1. The Kier molecular flexibility index (Phi) is 4.20. The van der Waals surface area contributed by atoms with Gasteiger partial charge in [-0.15, -0.1) is 0 Å². The van der Waals surface area contributed by atoms with Crippen LogP contribution in [0, 0.1) is 0 Å². The van der Waals surface area contributed by atoms with E-state index in [2.05, 4.69) is 26.9 Å². The van der Waals surface area contributed by atoms with E-state index in [0.29, 0.717) is 10.8 Å². The lowest BCUT2D eigenvalue weighted by Crippen LogP contribution is -2.48. The van der Waals surface area contributed by atoms with Crippen LogP contribution in [0.2, 0.25) is 5.02 Å². The molecule has 0 bridgehead atoms. The van der Waals surface area contributed by atoms with Gasteiger partial charge >= 0.3 is 0 Å². The molecule has 0 spiro atoms. The quantitative estimate of drug-likeness (QED) is 0.761. The Morgan fingerprint density at radius 3 is 2.62 bits per heavy atom. The molecule has 0 atom stereocenters. The largest absolute Gasteiger partial charge is 0.495 e. The molecule has 0 unspecified atom stereocenters. The fraction of sp³-hybridized carbons (Fsp3) is 0.389. The number of ether oxygens (including phenoxy) is 1. The number of fused-ring (bicyclic) bond motifs is 1. The van der Waals surface area contributed by atoms with Crippen LogP contribution < -0.4 is 15.4 Å². The molecule has 7 nitrogen and oxygen atoms in total. The maximum absolute atomic E-state index is 6.31. The van der Waals surface area contributed by atoms with E-state index in [4.69, 9.17) is 22.1 Å². The van der Waals surface area contributed by atoms with Gasteiger partial charge in [0.05, 0.1) is 48.1 Å². The zero-order valence-electron chi connectivity index (χ0n) is 14.8. The average molecular weight is 373 g/mol. The van der Waals surface area contributed by atoms with Crippen LogP contribution in [0.1, 0.15) is 19.8 Å². The molecule has 4 rings (SSSR count). The van der Waals surface area contributed by atoms with E-state index in [1.807, 2.05) is 6.07 Å². The molecular formula is C18H21ClN6O. The van der Waals surface area contributed by atoms with Crippen molar-refractivity contribution in [1.29, 1.82) is 0 Å². The molecule has 0 amide bonds. The van der Waals surface area contributed by atoms with Crippen molar-refractivity contribution in [3.63, 3.8) is 0 Å². The highest BCUT2D eigenvalue weighted by Gasteiger charge is 2.26. The first-order valence-corrected chi connectivity index (χ1v) is 8.92. The van der Waals surface area contributed by atoms with Gasteiger partial charge in [0.1, 0.15) is 11.6 Å². The summed E-state index contributed by atoms with van der Waals surface area (Å²) in [5.74, 6) is 1.54.